The smallest absolute Gasteiger partial charge is 0.209 e. The lowest BCUT2D eigenvalue weighted by Gasteiger charge is -2.07. The predicted molar refractivity (Wildman–Crippen MR) is 97.8 cm³/mol. The minimum Gasteiger partial charge on any atom is -0.351 e. The first-order valence-corrected chi connectivity index (χ1v) is 9.49. The summed E-state index contributed by atoms with van der Waals surface area (Å²) < 4.78 is 27.2. The van der Waals surface area contributed by atoms with Crippen LogP contribution in [0.25, 0.3) is 10.9 Å². The molecule has 3 aromatic rings. The summed E-state index contributed by atoms with van der Waals surface area (Å²) >= 11 is 2.12. The number of carbonyl (C=O) groups excluding carboxylic acids is 1. The van der Waals surface area contributed by atoms with E-state index in [0.717, 1.165) is 14.7 Å². The van der Waals surface area contributed by atoms with Gasteiger partial charge in [-0.1, -0.05) is 6.07 Å². The van der Waals surface area contributed by atoms with Crippen LogP contribution in [0.1, 0.15) is 21.6 Å². The number of aldehydes is 1. The van der Waals surface area contributed by atoms with Gasteiger partial charge in [-0.3, -0.25) is 4.79 Å². The number of aryl methyl sites for hydroxylation is 2. The predicted octanol–water partition coefficient (Wildman–Crippen LogP) is 4.03. The van der Waals surface area contributed by atoms with Gasteiger partial charge in [0.05, 0.1) is 10.6 Å². The normalized spacial score (nSPS) is 11.8. The molecule has 1 heterocycles. The number of H-pyrrole nitrogens is 1. The van der Waals surface area contributed by atoms with E-state index in [2.05, 4.69) is 27.6 Å². The van der Waals surface area contributed by atoms with Gasteiger partial charge >= 0.3 is 0 Å². The van der Waals surface area contributed by atoms with Gasteiger partial charge in [-0.2, -0.15) is 0 Å². The van der Waals surface area contributed by atoms with Gasteiger partial charge in [0.15, 0.2) is 6.29 Å². The Morgan fingerprint density at radius 2 is 1.70 bits per heavy atom. The number of rotatable bonds is 3. The van der Waals surface area contributed by atoms with E-state index in [1.807, 2.05) is 26.0 Å². The number of nitrogens with one attached hydrogen (secondary N) is 1. The second-order valence-corrected chi connectivity index (χ2v) is 8.63. The molecule has 0 unspecified atom stereocenters. The van der Waals surface area contributed by atoms with Crippen molar-refractivity contribution < 1.29 is 13.2 Å². The molecule has 0 saturated heterocycles. The van der Waals surface area contributed by atoms with E-state index >= 15 is 0 Å². The van der Waals surface area contributed by atoms with Gasteiger partial charge in [0.2, 0.25) is 9.84 Å². The maximum Gasteiger partial charge on any atom is 0.209 e. The van der Waals surface area contributed by atoms with Crippen molar-refractivity contribution in [2.24, 2.45) is 0 Å². The van der Waals surface area contributed by atoms with Crippen molar-refractivity contribution in [3.63, 3.8) is 0 Å². The number of hydrogen-bond donors (Lipinski definition) is 1. The highest BCUT2D eigenvalue weighted by atomic mass is 127. The first-order chi connectivity index (χ1) is 10.8. The Bertz CT molecular complexity index is 1020. The number of halogens is 1. The van der Waals surface area contributed by atoms with Gasteiger partial charge in [-0.05, 0) is 77.9 Å². The number of hydrogen-bond acceptors (Lipinski definition) is 3. The van der Waals surface area contributed by atoms with Crippen molar-refractivity contribution in [1.29, 1.82) is 0 Å². The molecule has 1 N–H and O–H groups in total. The molecule has 1 aromatic heterocycles. The van der Waals surface area contributed by atoms with Crippen LogP contribution in [-0.4, -0.2) is 19.7 Å². The standard InChI is InChI=1S/C17H14INO3S/c1-10-5-11(2)7-13(6-10)23(21,22)17-14-8-12(18)3-4-15(14)19-16(17)9-20/h3-9,19H,1-2H3. The van der Waals surface area contributed by atoms with E-state index in [-0.39, 0.29) is 15.5 Å². The molecule has 0 aliphatic carbocycles. The lowest BCUT2D eigenvalue weighted by molar-refractivity contribution is 0.111. The molecule has 118 valence electrons. The fourth-order valence-electron chi connectivity index (χ4n) is 2.74. The molecule has 0 spiro atoms. The fourth-order valence-corrected chi connectivity index (χ4v) is 4.99. The lowest BCUT2D eigenvalue weighted by atomic mass is 10.2. The van der Waals surface area contributed by atoms with Gasteiger partial charge in [-0.25, -0.2) is 8.42 Å². The highest BCUT2D eigenvalue weighted by molar-refractivity contribution is 14.1. The van der Waals surface area contributed by atoms with Crippen molar-refractivity contribution in [3.05, 3.63) is 56.8 Å². The fraction of sp³-hybridized carbons (Fsp3) is 0.118. The van der Waals surface area contributed by atoms with Gasteiger partial charge in [0.1, 0.15) is 4.90 Å². The number of benzene rings is 2. The molecule has 0 aliphatic rings. The summed E-state index contributed by atoms with van der Waals surface area (Å²) in [5.41, 5.74) is 2.45. The van der Waals surface area contributed by atoms with Crippen molar-refractivity contribution >= 4 is 49.6 Å². The first kappa shape index (κ1) is 16.2. The topological polar surface area (TPSA) is 67.0 Å². The Balaban J connectivity index is 2.38. The van der Waals surface area contributed by atoms with Gasteiger partial charge in [0.25, 0.3) is 0 Å². The van der Waals surface area contributed by atoms with E-state index in [0.29, 0.717) is 17.2 Å². The van der Waals surface area contributed by atoms with E-state index in [4.69, 9.17) is 0 Å². The molecular weight excluding hydrogens is 425 g/mol. The molecule has 0 saturated carbocycles. The number of sulfone groups is 1. The highest BCUT2D eigenvalue weighted by Crippen LogP contribution is 2.32. The Kier molecular flexibility index (Phi) is 4.05. The first-order valence-electron chi connectivity index (χ1n) is 6.93. The van der Waals surface area contributed by atoms with Gasteiger partial charge in [-0.15, -0.1) is 0 Å². The minimum absolute atomic E-state index is 0.0472. The monoisotopic (exact) mass is 439 g/mol. The molecule has 0 amide bonds. The zero-order chi connectivity index (χ0) is 16.8. The number of fused-ring (bicyclic) bond motifs is 1. The van der Waals surface area contributed by atoms with Crippen LogP contribution in [0.15, 0.2) is 46.2 Å². The third kappa shape index (κ3) is 2.81. The average Bonchev–Trinajstić information content (AvgIpc) is 2.84. The lowest BCUT2D eigenvalue weighted by Crippen LogP contribution is -2.05. The van der Waals surface area contributed by atoms with Crippen LogP contribution >= 0.6 is 22.6 Å². The molecule has 3 rings (SSSR count). The maximum absolute atomic E-state index is 13.1. The maximum atomic E-state index is 13.1. The third-order valence-electron chi connectivity index (χ3n) is 3.63. The third-order valence-corrected chi connectivity index (χ3v) is 6.14. The molecule has 6 heteroatoms. The largest absolute Gasteiger partial charge is 0.351 e. The molecule has 0 bridgehead atoms. The van der Waals surface area contributed by atoms with Crippen LogP contribution in [0.3, 0.4) is 0 Å². The number of aromatic amines is 1. The van der Waals surface area contributed by atoms with Crippen molar-refractivity contribution in [2.75, 3.05) is 0 Å². The number of carbonyl (C=O) groups is 1. The van der Waals surface area contributed by atoms with E-state index < -0.39 is 9.84 Å². The van der Waals surface area contributed by atoms with Crippen LogP contribution < -0.4 is 0 Å². The molecular formula is C17H14INO3S. The number of aromatic nitrogens is 1. The zero-order valence-electron chi connectivity index (χ0n) is 12.6. The molecule has 0 aliphatic heterocycles. The second-order valence-electron chi connectivity index (χ2n) is 5.50. The van der Waals surface area contributed by atoms with Crippen LogP contribution in [0, 0.1) is 17.4 Å². The quantitative estimate of drug-likeness (QED) is 0.495. The summed E-state index contributed by atoms with van der Waals surface area (Å²) in [4.78, 5) is 14.5. The summed E-state index contributed by atoms with van der Waals surface area (Å²) in [6.07, 6.45) is 0.558. The SMILES string of the molecule is Cc1cc(C)cc(S(=O)(=O)c2c(C=O)[nH]c3ccc(I)cc23)c1. The van der Waals surface area contributed by atoms with Crippen LogP contribution in [0.4, 0.5) is 0 Å². The van der Waals surface area contributed by atoms with E-state index in [1.54, 1.807) is 24.3 Å². The van der Waals surface area contributed by atoms with Crippen molar-refractivity contribution in [3.8, 4) is 0 Å². The Morgan fingerprint density at radius 1 is 1.04 bits per heavy atom. The van der Waals surface area contributed by atoms with E-state index in [1.165, 1.54) is 0 Å². The average molecular weight is 439 g/mol. The molecule has 2 aromatic carbocycles. The van der Waals surface area contributed by atoms with Gasteiger partial charge in [0, 0.05) is 14.5 Å². The molecule has 0 atom stereocenters. The molecule has 0 radical (unpaired) electrons. The Labute approximate surface area is 148 Å². The summed E-state index contributed by atoms with van der Waals surface area (Å²) in [6, 6.07) is 10.6. The second kappa shape index (κ2) is 5.76. The minimum atomic E-state index is -3.79. The van der Waals surface area contributed by atoms with E-state index in [9.17, 15) is 13.2 Å². The summed E-state index contributed by atoms with van der Waals surface area (Å²) in [5.74, 6) is 0. The molecule has 0 fully saturated rings. The highest BCUT2D eigenvalue weighted by Gasteiger charge is 2.26. The summed E-state index contributed by atoms with van der Waals surface area (Å²) in [5, 5.41) is 0.540. The Morgan fingerprint density at radius 3 is 2.30 bits per heavy atom. The molecule has 23 heavy (non-hydrogen) atoms. The van der Waals surface area contributed by atoms with Crippen molar-refractivity contribution in [2.45, 2.75) is 23.6 Å². The molecule has 4 nitrogen and oxygen atoms in total. The summed E-state index contributed by atoms with van der Waals surface area (Å²) in [7, 11) is -3.79. The van der Waals surface area contributed by atoms with Gasteiger partial charge < -0.3 is 4.98 Å². The van der Waals surface area contributed by atoms with Crippen LogP contribution in [-0.2, 0) is 9.84 Å². The zero-order valence-corrected chi connectivity index (χ0v) is 15.5. The van der Waals surface area contributed by atoms with Crippen molar-refractivity contribution in [1.82, 2.24) is 4.98 Å². The summed E-state index contributed by atoms with van der Waals surface area (Å²) in [6.45, 7) is 3.70. The van der Waals surface area contributed by atoms with Crippen LogP contribution in [0.5, 0.6) is 0 Å². The Hall–Kier alpha value is -1.67. The van der Waals surface area contributed by atoms with Crippen LogP contribution in [0.2, 0.25) is 0 Å².